The highest BCUT2D eigenvalue weighted by Gasteiger charge is 2.17. The van der Waals surface area contributed by atoms with Gasteiger partial charge in [0.1, 0.15) is 0 Å². The van der Waals surface area contributed by atoms with Crippen LogP contribution in [-0.2, 0) is 11.3 Å². The monoisotopic (exact) mass is 376 g/mol. The highest BCUT2D eigenvalue weighted by molar-refractivity contribution is 5.93. The minimum Gasteiger partial charge on any atom is -0.322 e. The average Bonchev–Trinajstić information content (AvgIpc) is 2.97. The van der Waals surface area contributed by atoms with Crippen LogP contribution in [0.25, 0.3) is 5.69 Å². The van der Waals surface area contributed by atoms with Crippen LogP contribution in [0, 0.1) is 20.8 Å². The number of aryl methyl sites for hydroxylation is 2. The van der Waals surface area contributed by atoms with Crippen molar-refractivity contribution in [3.05, 3.63) is 77.1 Å². The van der Waals surface area contributed by atoms with Gasteiger partial charge in [0.15, 0.2) is 0 Å². The van der Waals surface area contributed by atoms with Gasteiger partial charge in [0.05, 0.1) is 29.3 Å². The summed E-state index contributed by atoms with van der Waals surface area (Å²) in [7, 11) is 0. The Morgan fingerprint density at radius 2 is 1.71 bits per heavy atom. The minimum atomic E-state index is -0.0209. The third-order valence-corrected chi connectivity index (χ3v) is 4.90. The van der Waals surface area contributed by atoms with E-state index in [9.17, 15) is 4.79 Å². The molecule has 0 aliphatic carbocycles. The number of hydrogen-bond acceptors (Lipinski definition) is 3. The molecule has 0 spiro atoms. The van der Waals surface area contributed by atoms with Crippen molar-refractivity contribution in [1.82, 2.24) is 14.7 Å². The van der Waals surface area contributed by atoms with E-state index in [0.717, 1.165) is 35.9 Å². The van der Waals surface area contributed by atoms with E-state index in [1.807, 2.05) is 48.9 Å². The van der Waals surface area contributed by atoms with E-state index in [0.29, 0.717) is 6.54 Å². The first-order chi connectivity index (χ1) is 13.5. The first-order valence-corrected chi connectivity index (χ1v) is 9.67. The van der Waals surface area contributed by atoms with Gasteiger partial charge >= 0.3 is 0 Å². The highest BCUT2D eigenvalue weighted by atomic mass is 16.2. The van der Waals surface area contributed by atoms with E-state index < -0.39 is 0 Å². The van der Waals surface area contributed by atoms with Gasteiger partial charge in [-0.1, -0.05) is 55.0 Å². The lowest BCUT2D eigenvalue weighted by Crippen LogP contribution is -2.33. The molecular weight excluding hydrogens is 348 g/mol. The summed E-state index contributed by atoms with van der Waals surface area (Å²) in [5.41, 5.74) is 5.94. The Labute approximate surface area is 167 Å². The lowest BCUT2D eigenvalue weighted by molar-refractivity contribution is -0.117. The van der Waals surface area contributed by atoms with Gasteiger partial charge in [0, 0.05) is 6.54 Å². The second kappa shape index (κ2) is 8.85. The van der Waals surface area contributed by atoms with Crippen molar-refractivity contribution in [3.63, 3.8) is 0 Å². The van der Waals surface area contributed by atoms with Gasteiger partial charge in [-0.3, -0.25) is 9.69 Å². The third kappa shape index (κ3) is 4.67. The topological polar surface area (TPSA) is 50.2 Å². The molecule has 1 N–H and O–H groups in total. The van der Waals surface area contributed by atoms with Gasteiger partial charge < -0.3 is 5.32 Å². The maximum absolute atomic E-state index is 12.7. The van der Waals surface area contributed by atoms with Crippen LogP contribution in [0.1, 0.15) is 29.4 Å². The number of benzene rings is 2. The number of anilines is 1. The van der Waals surface area contributed by atoms with Crippen LogP contribution >= 0.6 is 0 Å². The molecule has 0 saturated heterocycles. The maximum atomic E-state index is 12.7. The van der Waals surface area contributed by atoms with Crippen LogP contribution in [0.15, 0.2) is 54.6 Å². The van der Waals surface area contributed by atoms with Crippen molar-refractivity contribution in [3.8, 4) is 5.69 Å². The molecule has 1 amide bonds. The van der Waals surface area contributed by atoms with Crippen molar-refractivity contribution in [2.24, 2.45) is 0 Å². The summed E-state index contributed by atoms with van der Waals surface area (Å²) in [6, 6.07) is 18.4. The number of aromatic nitrogens is 2. The second-order valence-corrected chi connectivity index (χ2v) is 7.13. The Bertz CT molecular complexity index is 929. The first-order valence-electron chi connectivity index (χ1n) is 9.67. The fraction of sp³-hybridized carbons (Fsp3) is 0.304. The number of nitrogens with zero attached hydrogens (tertiary/aromatic N) is 3. The van der Waals surface area contributed by atoms with Crippen LogP contribution in [0.2, 0.25) is 0 Å². The summed E-state index contributed by atoms with van der Waals surface area (Å²) in [5, 5.41) is 7.69. The van der Waals surface area contributed by atoms with Gasteiger partial charge in [-0.15, -0.1) is 0 Å². The molecule has 0 unspecified atom stereocenters. The highest BCUT2D eigenvalue weighted by Crippen LogP contribution is 2.23. The molecule has 3 aromatic rings. The zero-order chi connectivity index (χ0) is 20.1. The Balaban J connectivity index is 1.70. The van der Waals surface area contributed by atoms with Gasteiger partial charge in [-0.2, -0.15) is 5.10 Å². The smallest absolute Gasteiger partial charge is 0.238 e. The second-order valence-electron chi connectivity index (χ2n) is 7.13. The molecule has 1 aromatic heterocycles. The van der Waals surface area contributed by atoms with Crippen LogP contribution in [-0.4, -0.2) is 33.7 Å². The lowest BCUT2D eigenvalue weighted by Gasteiger charge is -2.20. The lowest BCUT2D eigenvalue weighted by atomic mass is 10.2. The molecule has 3 rings (SSSR count). The third-order valence-electron chi connectivity index (χ3n) is 4.90. The van der Waals surface area contributed by atoms with Gasteiger partial charge in [0.25, 0.3) is 0 Å². The van der Waals surface area contributed by atoms with Crippen molar-refractivity contribution in [2.75, 3.05) is 18.4 Å². The van der Waals surface area contributed by atoms with Crippen LogP contribution < -0.4 is 5.32 Å². The zero-order valence-corrected chi connectivity index (χ0v) is 17.1. The average molecular weight is 377 g/mol. The number of hydrogen-bond donors (Lipinski definition) is 1. The Morgan fingerprint density at radius 1 is 1.04 bits per heavy atom. The summed E-state index contributed by atoms with van der Waals surface area (Å²) < 4.78 is 1.88. The first kappa shape index (κ1) is 19.8. The Kier molecular flexibility index (Phi) is 6.26. The summed E-state index contributed by atoms with van der Waals surface area (Å²) >= 11 is 0. The van der Waals surface area contributed by atoms with E-state index >= 15 is 0 Å². The number of likely N-dealkylation sites (N-methyl/N-ethyl adjacent to an activating group) is 1. The predicted molar refractivity (Wildman–Crippen MR) is 114 cm³/mol. The molecule has 0 bridgehead atoms. The van der Waals surface area contributed by atoms with Gasteiger partial charge in [-0.25, -0.2) is 4.68 Å². The molecule has 2 aromatic carbocycles. The van der Waals surface area contributed by atoms with E-state index in [2.05, 4.69) is 53.4 Å². The number of nitrogens with one attached hydrogen (secondary N) is 1. The molecular formula is C23H28N4O. The van der Waals surface area contributed by atoms with E-state index in [1.54, 1.807) is 0 Å². The molecule has 5 heteroatoms. The van der Waals surface area contributed by atoms with Crippen LogP contribution in [0.4, 0.5) is 5.69 Å². The maximum Gasteiger partial charge on any atom is 0.238 e. The molecule has 146 valence electrons. The fourth-order valence-corrected chi connectivity index (χ4v) is 3.26. The van der Waals surface area contributed by atoms with E-state index in [1.165, 1.54) is 11.1 Å². The normalized spacial score (nSPS) is 11.0. The minimum absolute atomic E-state index is 0.0209. The number of amides is 1. The molecule has 0 aliphatic heterocycles. The SMILES string of the molecule is CCN(CC(=O)Nc1c(C)nn(-c2ccc(C)cc2)c1C)Cc1ccccc1. The molecule has 0 radical (unpaired) electrons. The van der Waals surface area contributed by atoms with E-state index in [4.69, 9.17) is 0 Å². The zero-order valence-electron chi connectivity index (χ0n) is 17.1. The molecule has 1 heterocycles. The van der Waals surface area contributed by atoms with Crippen molar-refractivity contribution in [2.45, 2.75) is 34.2 Å². The quantitative estimate of drug-likeness (QED) is 0.670. The van der Waals surface area contributed by atoms with Crippen molar-refractivity contribution >= 4 is 11.6 Å². The Hall–Kier alpha value is -2.92. The predicted octanol–water partition coefficient (Wildman–Crippen LogP) is 4.26. The van der Waals surface area contributed by atoms with Crippen LogP contribution in [0.3, 0.4) is 0 Å². The van der Waals surface area contributed by atoms with Gasteiger partial charge in [-0.05, 0) is 45.0 Å². The molecule has 0 aliphatic rings. The summed E-state index contributed by atoms with van der Waals surface area (Å²) in [5.74, 6) is -0.0209. The van der Waals surface area contributed by atoms with Gasteiger partial charge in [0.2, 0.25) is 5.91 Å². The van der Waals surface area contributed by atoms with Crippen molar-refractivity contribution < 1.29 is 4.79 Å². The standard InChI is InChI=1S/C23H28N4O/c1-5-26(15-20-9-7-6-8-10-20)16-22(28)24-23-18(3)25-27(19(23)4)21-13-11-17(2)12-14-21/h6-14H,5,15-16H2,1-4H3,(H,24,28). The molecule has 0 atom stereocenters. The molecule has 0 saturated carbocycles. The molecule has 28 heavy (non-hydrogen) atoms. The largest absolute Gasteiger partial charge is 0.322 e. The number of rotatable bonds is 7. The van der Waals surface area contributed by atoms with E-state index in [-0.39, 0.29) is 5.91 Å². The van der Waals surface area contributed by atoms with Crippen LogP contribution in [0.5, 0.6) is 0 Å². The number of carbonyl (C=O) groups excluding carboxylic acids is 1. The summed E-state index contributed by atoms with van der Waals surface area (Å²) in [4.78, 5) is 14.8. The Morgan fingerprint density at radius 3 is 2.36 bits per heavy atom. The van der Waals surface area contributed by atoms with Crippen molar-refractivity contribution in [1.29, 1.82) is 0 Å². The number of carbonyl (C=O) groups is 1. The fourth-order valence-electron chi connectivity index (χ4n) is 3.26. The molecule has 5 nitrogen and oxygen atoms in total. The summed E-state index contributed by atoms with van der Waals surface area (Å²) in [6.45, 7) is 9.95. The molecule has 0 fully saturated rings. The summed E-state index contributed by atoms with van der Waals surface area (Å²) in [6.07, 6.45) is 0.